The maximum atomic E-state index is 13.3. The second-order valence-corrected chi connectivity index (χ2v) is 11.3. The molecule has 1 saturated carbocycles. The van der Waals surface area contributed by atoms with Gasteiger partial charge in [0.25, 0.3) is 0 Å². The van der Waals surface area contributed by atoms with Crippen LogP contribution in [0.1, 0.15) is 64.4 Å². The molecule has 1 aliphatic carbocycles. The molecule has 2 aromatic carbocycles. The minimum absolute atomic E-state index is 0.00673. The first-order valence-corrected chi connectivity index (χ1v) is 13.5. The number of fused-ring (bicyclic) bond motifs is 1. The van der Waals surface area contributed by atoms with E-state index in [-0.39, 0.29) is 46.5 Å². The predicted octanol–water partition coefficient (Wildman–Crippen LogP) is 5.15. The maximum Gasteiger partial charge on any atom is 0.342 e. The van der Waals surface area contributed by atoms with E-state index in [1.54, 1.807) is 18.2 Å². The lowest BCUT2D eigenvalue weighted by Crippen LogP contribution is -2.20. The first-order chi connectivity index (χ1) is 17.1. The van der Waals surface area contributed by atoms with Gasteiger partial charge in [-0.2, -0.15) is 8.42 Å². The van der Waals surface area contributed by atoms with E-state index in [0.717, 1.165) is 29.5 Å². The Labute approximate surface area is 212 Å². The maximum absolute atomic E-state index is 13.3. The third-order valence-electron chi connectivity index (χ3n) is 7.76. The fourth-order valence-electron chi connectivity index (χ4n) is 5.50. The summed E-state index contributed by atoms with van der Waals surface area (Å²) in [5, 5.41) is 0. The van der Waals surface area contributed by atoms with Crippen molar-refractivity contribution < 1.29 is 31.7 Å². The van der Waals surface area contributed by atoms with Crippen molar-refractivity contribution in [1.29, 1.82) is 0 Å². The number of ether oxygens (including phenoxy) is 2. The molecule has 0 aromatic heterocycles. The molecule has 8 heteroatoms. The summed E-state index contributed by atoms with van der Waals surface area (Å²) in [6.07, 6.45) is 4.26. The van der Waals surface area contributed by atoms with Crippen LogP contribution in [-0.2, 0) is 37.4 Å². The van der Waals surface area contributed by atoms with E-state index in [1.807, 2.05) is 13.8 Å². The Kier molecular flexibility index (Phi) is 7.27. The van der Waals surface area contributed by atoms with Crippen LogP contribution in [0.4, 0.5) is 0 Å². The van der Waals surface area contributed by atoms with E-state index in [2.05, 4.69) is 13.5 Å². The average molecular weight is 513 g/mol. The van der Waals surface area contributed by atoms with E-state index < -0.39 is 16.1 Å². The second kappa shape index (κ2) is 10.1. The molecule has 0 bridgehead atoms. The van der Waals surface area contributed by atoms with Crippen LogP contribution in [0.25, 0.3) is 6.08 Å². The lowest BCUT2D eigenvalue weighted by Gasteiger charge is -2.24. The molecule has 0 spiro atoms. The van der Waals surface area contributed by atoms with Crippen molar-refractivity contribution in [3.63, 3.8) is 0 Å². The van der Waals surface area contributed by atoms with Gasteiger partial charge in [-0.05, 0) is 74.1 Å². The zero-order chi connectivity index (χ0) is 26.2. The number of aryl methyl sites for hydroxylation is 1. The Morgan fingerprint density at radius 1 is 1.17 bits per heavy atom. The largest absolute Gasteiger partial charge is 0.469 e. The van der Waals surface area contributed by atoms with E-state index in [0.29, 0.717) is 24.0 Å². The zero-order valence-electron chi connectivity index (χ0n) is 21.1. The Balaban J connectivity index is 1.79. The number of carbonyl (C=O) groups is 2. The molecule has 3 unspecified atom stereocenters. The van der Waals surface area contributed by atoms with E-state index >= 15 is 0 Å². The minimum Gasteiger partial charge on any atom is -0.469 e. The second-order valence-electron chi connectivity index (χ2n) is 9.77. The number of cyclic esters (lactones) is 1. The molecular weight excluding hydrogens is 480 g/mol. The quantitative estimate of drug-likeness (QED) is 0.356. The summed E-state index contributed by atoms with van der Waals surface area (Å²) >= 11 is 0. The fraction of sp³-hybridized carbons (Fsp3) is 0.429. The standard InChI is InChI=1S/C28H32O7S/c1-6-22-18(4)24-15-34-28(30)26(24)27(35-36(31,32)21-11-7-16(2)8-12-21)23(22)13-19-9-10-20(17(19)3)14-25(29)33-5/h6-8,11-12,17,19-20H,1,9-10,13-15H2,2-5H3. The molecule has 2 aliphatic rings. The fourth-order valence-corrected chi connectivity index (χ4v) is 6.47. The summed E-state index contributed by atoms with van der Waals surface area (Å²) in [6, 6.07) is 6.37. The Morgan fingerprint density at radius 2 is 1.83 bits per heavy atom. The first-order valence-electron chi connectivity index (χ1n) is 12.1. The van der Waals surface area contributed by atoms with Crippen molar-refractivity contribution in [2.45, 2.75) is 58.0 Å². The van der Waals surface area contributed by atoms with Crippen molar-refractivity contribution in [1.82, 2.24) is 0 Å². The van der Waals surface area contributed by atoms with Crippen molar-refractivity contribution in [3.8, 4) is 5.75 Å². The molecule has 0 radical (unpaired) electrons. The molecular formula is C28H32O7S. The molecule has 1 aliphatic heterocycles. The smallest absolute Gasteiger partial charge is 0.342 e. The number of methoxy groups -OCH3 is 1. The highest BCUT2D eigenvalue weighted by Gasteiger charge is 2.39. The average Bonchev–Trinajstić information content (AvgIpc) is 3.39. The van der Waals surface area contributed by atoms with Crippen LogP contribution in [0, 0.1) is 31.6 Å². The van der Waals surface area contributed by atoms with Crippen LogP contribution in [0.15, 0.2) is 35.7 Å². The molecule has 3 atom stereocenters. The number of hydrogen-bond donors (Lipinski definition) is 0. The van der Waals surface area contributed by atoms with Crippen molar-refractivity contribution in [3.05, 3.63) is 64.2 Å². The van der Waals surface area contributed by atoms with Crippen LogP contribution >= 0.6 is 0 Å². The highest BCUT2D eigenvalue weighted by molar-refractivity contribution is 7.87. The van der Waals surface area contributed by atoms with Crippen molar-refractivity contribution in [2.75, 3.05) is 7.11 Å². The molecule has 0 N–H and O–H groups in total. The monoisotopic (exact) mass is 512 g/mol. The van der Waals surface area contributed by atoms with E-state index in [4.69, 9.17) is 13.7 Å². The summed E-state index contributed by atoms with van der Waals surface area (Å²) < 4.78 is 42.6. The van der Waals surface area contributed by atoms with Gasteiger partial charge in [-0.3, -0.25) is 4.79 Å². The van der Waals surface area contributed by atoms with Crippen molar-refractivity contribution >= 4 is 28.1 Å². The highest BCUT2D eigenvalue weighted by atomic mass is 32.2. The molecule has 36 heavy (non-hydrogen) atoms. The van der Waals surface area contributed by atoms with Gasteiger partial charge in [-0.1, -0.05) is 37.3 Å². The number of carbonyl (C=O) groups excluding carboxylic acids is 2. The SMILES string of the molecule is C=Cc1c(C)c2c(c(OS(=O)(=O)c3ccc(C)cc3)c1CC1CCC(CC(=O)OC)C1C)C(=O)OC2. The molecule has 2 aromatic rings. The van der Waals surface area contributed by atoms with E-state index in [1.165, 1.54) is 19.2 Å². The third-order valence-corrected chi connectivity index (χ3v) is 9.00. The van der Waals surface area contributed by atoms with Gasteiger partial charge >= 0.3 is 22.1 Å². The molecule has 4 rings (SSSR count). The van der Waals surface area contributed by atoms with Gasteiger partial charge in [0.2, 0.25) is 0 Å². The lowest BCUT2D eigenvalue weighted by molar-refractivity contribution is -0.142. The molecule has 192 valence electrons. The Bertz CT molecular complexity index is 1310. The zero-order valence-corrected chi connectivity index (χ0v) is 21.9. The molecule has 1 heterocycles. The van der Waals surface area contributed by atoms with Crippen LogP contribution < -0.4 is 4.18 Å². The first kappa shape index (κ1) is 25.9. The van der Waals surface area contributed by atoms with Gasteiger partial charge in [0.05, 0.1) is 7.11 Å². The van der Waals surface area contributed by atoms with Gasteiger partial charge in [0, 0.05) is 17.5 Å². The Morgan fingerprint density at radius 3 is 2.47 bits per heavy atom. The summed E-state index contributed by atoms with van der Waals surface area (Å²) in [5.74, 6) is -0.264. The van der Waals surface area contributed by atoms with Gasteiger partial charge < -0.3 is 13.7 Å². The van der Waals surface area contributed by atoms with Gasteiger partial charge in [-0.15, -0.1) is 0 Å². The molecule has 0 amide bonds. The van der Waals surface area contributed by atoms with Gasteiger partial charge in [0.15, 0.2) is 5.75 Å². The topological polar surface area (TPSA) is 96.0 Å². The minimum atomic E-state index is -4.22. The number of hydrogen-bond acceptors (Lipinski definition) is 7. The van der Waals surface area contributed by atoms with Crippen LogP contribution in [0.3, 0.4) is 0 Å². The predicted molar refractivity (Wildman–Crippen MR) is 135 cm³/mol. The number of esters is 2. The molecule has 0 saturated heterocycles. The van der Waals surface area contributed by atoms with Crippen LogP contribution in [0.2, 0.25) is 0 Å². The Hall–Kier alpha value is -3.13. The summed E-state index contributed by atoms with van der Waals surface area (Å²) in [6.45, 7) is 9.89. The molecule has 7 nitrogen and oxygen atoms in total. The summed E-state index contributed by atoms with van der Waals surface area (Å²) in [4.78, 5) is 24.7. The van der Waals surface area contributed by atoms with Crippen LogP contribution in [0.5, 0.6) is 5.75 Å². The summed E-state index contributed by atoms with van der Waals surface area (Å²) in [5.41, 5.74) is 3.92. The molecule has 1 fully saturated rings. The lowest BCUT2D eigenvalue weighted by atomic mass is 9.82. The highest BCUT2D eigenvalue weighted by Crippen LogP contribution is 2.46. The summed E-state index contributed by atoms with van der Waals surface area (Å²) in [7, 11) is -2.83. The van der Waals surface area contributed by atoms with Gasteiger partial charge in [0.1, 0.15) is 17.1 Å². The number of benzene rings is 2. The van der Waals surface area contributed by atoms with Crippen molar-refractivity contribution in [2.24, 2.45) is 17.8 Å². The third kappa shape index (κ3) is 4.78. The number of rotatable bonds is 8. The normalized spacial score (nSPS) is 21.1. The van der Waals surface area contributed by atoms with Crippen LogP contribution in [-0.4, -0.2) is 27.5 Å². The van der Waals surface area contributed by atoms with Gasteiger partial charge in [-0.25, -0.2) is 4.79 Å². The van der Waals surface area contributed by atoms with E-state index in [9.17, 15) is 18.0 Å².